The second kappa shape index (κ2) is 5.53. The van der Waals surface area contributed by atoms with E-state index < -0.39 is 5.60 Å². The van der Waals surface area contributed by atoms with Crippen molar-refractivity contribution in [1.82, 2.24) is 0 Å². The highest BCUT2D eigenvalue weighted by molar-refractivity contribution is 5.48. The molecule has 1 N–H and O–H groups in total. The molecule has 2 aromatic rings. The van der Waals surface area contributed by atoms with Gasteiger partial charge >= 0.3 is 0 Å². The van der Waals surface area contributed by atoms with E-state index in [0.29, 0.717) is 0 Å². The maximum atomic E-state index is 11.1. The van der Waals surface area contributed by atoms with Crippen molar-refractivity contribution in [2.75, 3.05) is 7.11 Å². The third-order valence-electron chi connectivity index (χ3n) is 4.34. The largest absolute Gasteiger partial charge is 0.496 e. The molecule has 0 saturated carbocycles. The van der Waals surface area contributed by atoms with Gasteiger partial charge in [-0.15, -0.1) is 0 Å². The first-order valence-corrected chi connectivity index (χ1v) is 7.23. The molecule has 0 aromatic heterocycles. The number of aryl methyl sites for hydroxylation is 4. The Bertz CT molecular complexity index is 670. The van der Waals surface area contributed by atoms with Crippen LogP contribution in [0.15, 0.2) is 30.3 Å². The van der Waals surface area contributed by atoms with Crippen LogP contribution in [0.3, 0.4) is 0 Å². The van der Waals surface area contributed by atoms with E-state index in [-0.39, 0.29) is 0 Å². The molecule has 21 heavy (non-hydrogen) atoms. The number of hydrogen-bond acceptors (Lipinski definition) is 2. The fourth-order valence-electron chi connectivity index (χ4n) is 2.73. The van der Waals surface area contributed by atoms with Crippen molar-refractivity contribution in [1.29, 1.82) is 0 Å². The fraction of sp³-hybridized carbons (Fsp3) is 0.368. The Morgan fingerprint density at radius 1 is 0.857 bits per heavy atom. The van der Waals surface area contributed by atoms with Crippen LogP contribution in [0.5, 0.6) is 5.75 Å². The van der Waals surface area contributed by atoms with E-state index in [1.165, 1.54) is 11.1 Å². The smallest absolute Gasteiger partial charge is 0.122 e. The van der Waals surface area contributed by atoms with Gasteiger partial charge in [0.15, 0.2) is 0 Å². The summed E-state index contributed by atoms with van der Waals surface area (Å²) in [5, 5.41) is 11.1. The standard InChI is InChI=1S/C19H24O2/c1-12-7-8-16(9-13(12)2)19(5,20)17-10-15(4)18(21-6)11-14(17)3/h7-11,20H,1-6H3. The molecule has 2 rings (SSSR count). The van der Waals surface area contributed by atoms with Crippen LogP contribution in [0.1, 0.15) is 40.3 Å². The van der Waals surface area contributed by atoms with Gasteiger partial charge in [0.25, 0.3) is 0 Å². The maximum Gasteiger partial charge on any atom is 0.122 e. The van der Waals surface area contributed by atoms with E-state index in [1.807, 2.05) is 39.0 Å². The summed E-state index contributed by atoms with van der Waals surface area (Å²) < 4.78 is 5.35. The monoisotopic (exact) mass is 284 g/mol. The quantitative estimate of drug-likeness (QED) is 0.916. The Balaban J connectivity index is 2.57. The van der Waals surface area contributed by atoms with Crippen LogP contribution in [-0.2, 0) is 5.60 Å². The first-order valence-electron chi connectivity index (χ1n) is 7.23. The molecular formula is C19H24O2. The molecule has 2 heteroatoms. The lowest BCUT2D eigenvalue weighted by Crippen LogP contribution is -2.24. The average molecular weight is 284 g/mol. The summed E-state index contributed by atoms with van der Waals surface area (Å²) in [4.78, 5) is 0. The molecule has 0 amide bonds. The van der Waals surface area contributed by atoms with Gasteiger partial charge in [-0.05, 0) is 80.1 Å². The van der Waals surface area contributed by atoms with Gasteiger partial charge in [0.05, 0.1) is 7.11 Å². The molecule has 2 aromatic carbocycles. The van der Waals surface area contributed by atoms with Gasteiger partial charge in [0.2, 0.25) is 0 Å². The minimum atomic E-state index is -1.01. The summed E-state index contributed by atoms with van der Waals surface area (Å²) >= 11 is 0. The lowest BCUT2D eigenvalue weighted by Gasteiger charge is -2.28. The Labute approximate surface area is 127 Å². The lowest BCUT2D eigenvalue weighted by atomic mass is 9.83. The van der Waals surface area contributed by atoms with E-state index in [9.17, 15) is 5.11 Å². The highest BCUT2D eigenvalue weighted by Crippen LogP contribution is 2.35. The van der Waals surface area contributed by atoms with Gasteiger partial charge in [-0.1, -0.05) is 18.2 Å². The third-order valence-corrected chi connectivity index (χ3v) is 4.34. The van der Waals surface area contributed by atoms with E-state index in [0.717, 1.165) is 28.0 Å². The second-order valence-electron chi connectivity index (χ2n) is 6.01. The SMILES string of the molecule is COc1cc(C)c(C(C)(O)c2ccc(C)c(C)c2)cc1C. The van der Waals surface area contributed by atoms with Crippen LogP contribution in [0, 0.1) is 27.7 Å². The molecule has 1 unspecified atom stereocenters. The zero-order chi connectivity index (χ0) is 15.8. The molecule has 0 heterocycles. The summed E-state index contributed by atoms with van der Waals surface area (Å²) in [6, 6.07) is 10.1. The molecule has 0 radical (unpaired) electrons. The zero-order valence-electron chi connectivity index (χ0n) is 13.7. The minimum Gasteiger partial charge on any atom is -0.496 e. The van der Waals surface area contributed by atoms with Crippen LogP contribution >= 0.6 is 0 Å². The first-order chi connectivity index (χ1) is 9.77. The number of hydrogen-bond donors (Lipinski definition) is 1. The summed E-state index contributed by atoms with van der Waals surface area (Å²) in [6.07, 6.45) is 0. The van der Waals surface area contributed by atoms with Crippen molar-refractivity contribution in [3.8, 4) is 5.75 Å². The van der Waals surface area contributed by atoms with Crippen LogP contribution in [-0.4, -0.2) is 12.2 Å². The Hall–Kier alpha value is -1.80. The molecule has 0 fully saturated rings. The van der Waals surface area contributed by atoms with Crippen molar-refractivity contribution >= 4 is 0 Å². The Morgan fingerprint density at radius 3 is 2.10 bits per heavy atom. The summed E-state index contributed by atoms with van der Waals surface area (Å²) in [7, 11) is 1.67. The number of benzene rings is 2. The number of aliphatic hydroxyl groups is 1. The van der Waals surface area contributed by atoms with Gasteiger partial charge in [-0.3, -0.25) is 0 Å². The number of methoxy groups -OCH3 is 1. The van der Waals surface area contributed by atoms with Crippen LogP contribution in [0.2, 0.25) is 0 Å². The molecule has 0 aliphatic heterocycles. The number of ether oxygens (including phenoxy) is 1. The van der Waals surface area contributed by atoms with Gasteiger partial charge in [0, 0.05) is 0 Å². The molecule has 0 spiro atoms. The zero-order valence-corrected chi connectivity index (χ0v) is 13.7. The van der Waals surface area contributed by atoms with E-state index in [1.54, 1.807) is 7.11 Å². The molecule has 112 valence electrons. The van der Waals surface area contributed by atoms with Crippen molar-refractivity contribution in [2.45, 2.75) is 40.2 Å². The van der Waals surface area contributed by atoms with Gasteiger partial charge in [-0.2, -0.15) is 0 Å². The van der Waals surface area contributed by atoms with Crippen molar-refractivity contribution < 1.29 is 9.84 Å². The second-order valence-corrected chi connectivity index (χ2v) is 6.01. The van der Waals surface area contributed by atoms with Gasteiger partial charge < -0.3 is 9.84 Å². The molecular weight excluding hydrogens is 260 g/mol. The molecule has 0 aliphatic carbocycles. The van der Waals surface area contributed by atoms with E-state index in [2.05, 4.69) is 26.0 Å². The topological polar surface area (TPSA) is 29.5 Å². The molecule has 0 bridgehead atoms. The van der Waals surface area contributed by atoms with Crippen LogP contribution < -0.4 is 4.74 Å². The Kier molecular flexibility index (Phi) is 4.11. The summed E-state index contributed by atoms with van der Waals surface area (Å²) in [5.74, 6) is 0.854. The maximum absolute atomic E-state index is 11.1. The molecule has 0 aliphatic rings. The van der Waals surface area contributed by atoms with Crippen molar-refractivity contribution in [3.63, 3.8) is 0 Å². The first kappa shape index (κ1) is 15.6. The van der Waals surface area contributed by atoms with E-state index >= 15 is 0 Å². The number of rotatable bonds is 3. The average Bonchev–Trinajstić information content (AvgIpc) is 2.43. The summed E-state index contributed by atoms with van der Waals surface area (Å²) in [6.45, 7) is 10.0. The van der Waals surface area contributed by atoms with Gasteiger partial charge in [0.1, 0.15) is 11.4 Å². The summed E-state index contributed by atoms with van der Waals surface area (Å²) in [5.41, 5.74) is 5.30. The molecule has 2 nitrogen and oxygen atoms in total. The highest BCUT2D eigenvalue weighted by Gasteiger charge is 2.28. The lowest BCUT2D eigenvalue weighted by molar-refractivity contribution is 0.101. The van der Waals surface area contributed by atoms with Crippen LogP contribution in [0.25, 0.3) is 0 Å². The predicted octanol–water partition coefficient (Wildman–Crippen LogP) is 4.18. The van der Waals surface area contributed by atoms with Gasteiger partial charge in [-0.25, -0.2) is 0 Å². The predicted molar refractivity (Wildman–Crippen MR) is 87.1 cm³/mol. The van der Waals surface area contributed by atoms with E-state index in [4.69, 9.17) is 4.74 Å². The Morgan fingerprint density at radius 2 is 1.52 bits per heavy atom. The molecule has 1 atom stereocenters. The fourth-order valence-corrected chi connectivity index (χ4v) is 2.73. The third kappa shape index (κ3) is 2.81. The van der Waals surface area contributed by atoms with Crippen molar-refractivity contribution in [2.24, 2.45) is 0 Å². The molecule has 0 saturated heterocycles. The normalized spacial score (nSPS) is 13.9. The van der Waals surface area contributed by atoms with Crippen LogP contribution in [0.4, 0.5) is 0 Å². The van der Waals surface area contributed by atoms with Crippen molar-refractivity contribution in [3.05, 3.63) is 63.7 Å². The highest BCUT2D eigenvalue weighted by atomic mass is 16.5. The minimum absolute atomic E-state index is 0.854.